The van der Waals surface area contributed by atoms with Crippen LogP contribution >= 0.6 is 0 Å². The average molecular weight is 237 g/mol. The van der Waals surface area contributed by atoms with E-state index in [9.17, 15) is 9.18 Å². The number of rotatable bonds is 5. The highest BCUT2D eigenvalue weighted by atomic mass is 19.1. The molecule has 17 heavy (non-hydrogen) atoms. The molecule has 0 saturated heterocycles. The third-order valence-electron chi connectivity index (χ3n) is 2.96. The van der Waals surface area contributed by atoms with Gasteiger partial charge in [-0.25, -0.2) is 9.18 Å². The molecule has 0 bridgehead atoms. The van der Waals surface area contributed by atoms with Gasteiger partial charge < -0.3 is 10.0 Å². The Bertz CT molecular complexity index is 429. The van der Waals surface area contributed by atoms with Crippen molar-refractivity contribution in [3.05, 3.63) is 29.6 Å². The molecule has 1 aliphatic carbocycles. The summed E-state index contributed by atoms with van der Waals surface area (Å²) in [7, 11) is 0. The molecule has 4 heteroatoms. The number of hydrogen-bond donors (Lipinski definition) is 1. The van der Waals surface area contributed by atoms with Crippen LogP contribution < -0.4 is 4.90 Å². The second-order valence-corrected chi connectivity index (χ2v) is 4.37. The summed E-state index contributed by atoms with van der Waals surface area (Å²) >= 11 is 0. The molecule has 0 unspecified atom stereocenters. The number of anilines is 1. The molecule has 3 nitrogen and oxygen atoms in total. The van der Waals surface area contributed by atoms with Gasteiger partial charge >= 0.3 is 5.97 Å². The first kappa shape index (κ1) is 11.9. The van der Waals surface area contributed by atoms with Gasteiger partial charge in [-0.05, 0) is 31.4 Å². The molecule has 0 heterocycles. The Morgan fingerprint density at radius 2 is 2.24 bits per heavy atom. The van der Waals surface area contributed by atoms with Gasteiger partial charge in [0.25, 0.3) is 0 Å². The highest BCUT2D eigenvalue weighted by Gasteiger charge is 2.32. The summed E-state index contributed by atoms with van der Waals surface area (Å²) in [5.74, 6) is -1.51. The number of carboxylic acid groups (broad SMARTS) is 1. The number of para-hydroxylation sites is 1. The first-order valence-electron chi connectivity index (χ1n) is 5.93. The Hall–Kier alpha value is -1.58. The van der Waals surface area contributed by atoms with Crippen molar-refractivity contribution >= 4 is 11.7 Å². The lowest BCUT2D eigenvalue weighted by Crippen LogP contribution is -2.29. The van der Waals surface area contributed by atoms with E-state index in [1.807, 2.05) is 11.8 Å². The summed E-state index contributed by atoms with van der Waals surface area (Å²) in [6.45, 7) is 2.71. The molecule has 0 radical (unpaired) electrons. The van der Waals surface area contributed by atoms with E-state index in [0.29, 0.717) is 12.6 Å². The van der Waals surface area contributed by atoms with Crippen LogP contribution in [0.15, 0.2) is 18.2 Å². The van der Waals surface area contributed by atoms with Crippen LogP contribution in [0.1, 0.15) is 36.5 Å². The van der Waals surface area contributed by atoms with E-state index in [1.54, 1.807) is 0 Å². The zero-order valence-corrected chi connectivity index (χ0v) is 9.82. The maximum atomic E-state index is 13.9. The van der Waals surface area contributed by atoms with E-state index < -0.39 is 11.8 Å². The van der Waals surface area contributed by atoms with Crippen molar-refractivity contribution in [2.24, 2.45) is 0 Å². The van der Waals surface area contributed by atoms with Crippen molar-refractivity contribution in [1.82, 2.24) is 0 Å². The molecule has 92 valence electrons. The molecule has 1 saturated carbocycles. The van der Waals surface area contributed by atoms with Gasteiger partial charge in [0.2, 0.25) is 0 Å². The maximum absolute atomic E-state index is 13.9. The van der Waals surface area contributed by atoms with Crippen molar-refractivity contribution in [3.8, 4) is 0 Å². The molecule has 1 N–H and O–H groups in total. The Labute approximate surface area is 99.9 Å². The molecule has 0 amide bonds. The van der Waals surface area contributed by atoms with Gasteiger partial charge in [-0.3, -0.25) is 0 Å². The van der Waals surface area contributed by atoms with Crippen molar-refractivity contribution in [3.63, 3.8) is 0 Å². The van der Waals surface area contributed by atoms with Crippen LogP contribution in [0.25, 0.3) is 0 Å². The first-order chi connectivity index (χ1) is 8.15. The van der Waals surface area contributed by atoms with Crippen molar-refractivity contribution in [2.75, 3.05) is 11.4 Å². The van der Waals surface area contributed by atoms with Crippen molar-refractivity contribution in [2.45, 2.75) is 32.2 Å². The topological polar surface area (TPSA) is 40.5 Å². The third kappa shape index (κ3) is 2.40. The highest BCUT2D eigenvalue weighted by Crippen LogP contribution is 2.35. The van der Waals surface area contributed by atoms with Gasteiger partial charge in [0.15, 0.2) is 0 Å². The molecule has 0 aliphatic heterocycles. The zero-order chi connectivity index (χ0) is 12.4. The monoisotopic (exact) mass is 237 g/mol. The summed E-state index contributed by atoms with van der Waals surface area (Å²) in [5, 5.41) is 9.12. The fourth-order valence-corrected chi connectivity index (χ4v) is 2.08. The quantitative estimate of drug-likeness (QED) is 0.856. The molecule has 0 spiro atoms. The Morgan fingerprint density at radius 3 is 2.76 bits per heavy atom. The van der Waals surface area contributed by atoms with E-state index >= 15 is 0 Å². The zero-order valence-electron chi connectivity index (χ0n) is 9.82. The fraction of sp³-hybridized carbons (Fsp3) is 0.462. The minimum Gasteiger partial charge on any atom is -0.478 e. The molecular weight excluding hydrogens is 221 g/mol. The number of benzene rings is 1. The molecule has 1 aromatic rings. The van der Waals surface area contributed by atoms with E-state index in [-0.39, 0.29) is 11.3 Å². The number of nitrogens with zero attached hydrogens (tertiary/aromatic N) is 1. The SMILES string of the molecule is CCCN(c1c(F)cccc1C(=O)O)C1CC1. The number of halogens is 1. The van der Waals surface area contributed by atoms with Crippen molar-refractivity contribution in [1.29, 1.82) is 0 Å². The van der Waals surface area contributed by atoms with E-state index in [1.165, 1.54) is 18.2 Å². The number of carbonyl (C=O) groups is 1. The maximum Gasteiger partial charge on any atom is 0.337 e. The highest BCUT2D eigenvalue weighted by molar-refractivity contribution is 5.94. The Morgan fingerprint density at radius 1 is 1.53 bits per heavy atom. The number of carboxylic acids is 1. The van der Waals surface area contributed by atoms with E-state index in [0.717, 1.165) is 19.3 Å². The summed E-state index contributed by atoms with van der Waals surface area (Å²) in [4.78, 5) is 13.0. The van der Waals surface area contributed by atoms with E-state index in [4.69, 9.17) is 5.11 Å². The summed E-state index contributed by atoms with van der Waals surface area (Å²) < 4.78 is 13.9. The van der Waals surface area contributed by atoms with Crippen LogP contribution in [0.2, 0.25) is 0 Å². The molecule has 1 fully saturated rings. The smallest absolute Gasteiger partial charge is 0.337 e. The van der Waals surface area contributed by atoms with Gasteiger partial charge in [-0.15, -0.1) is 0 Å². The lowest BCUT2D eigenvalue weighted by atomic mass is 10.1. The fourth-order valence-electron chi connectivity index (χ4n) is 2.08. The number of hydrogen-bond acceptors (Lipinski definition) is 2. The molecule has 0 atom stereocenters. The second kappa shape index (κ2) is 4.73. The summed E-state index contributed by atoms with van der Waals surface area (Å²) in [6.07, 6.45) is 2.92. The van der Waals surface area contributed by atoms with Crippen LogP contribution in [-0.4, -0.2) is 23.7 Å². The molecular formula is C13H16FNO2. The van der Waals surface area contributed by atoms with Crippen LogP contribution in [0.5, 0.6) is 0 Å². The predicted molar refractivity (Wildman–Crippen MR) is 64.0 cm³/mol. The third-order valence-corrected chi connectivity index (χ3v) is 2.96. The van der Waals surface area contributed by atoms with Crippen LogP contribution in [0, 0.1) is 5.82 Å². The second-order valence-electron chi connectivity index (χ2n) is 4.37. The van der Waals surface area contributed by atoms with Crippen LogP contribution in [0.3, 0.4) is 0 Å². The van der Waals surface area contributed by atoms with Gasteiger partial charge in [0.1, 0.15) is 5.82 Å². The van der Waals surface area contributed by atoms with Crippen LogP contribution in [-0.2, 0) is 0 Å². The minimum atomic E-state index is -1.07. The van der Waals surface area contributed by atoms with Crippen molar-refractivity contribution < 1.29 is 14.3 Å². The van der Waals surface area contributed by atoms with Crippen LogP contribution in [0.4, 0.5) is 10.1 Å². The standard InChI is InChI=1S/C13H16FNO2/c1-2-8-15(9-6-7-9)12-10(13(16)17)4-3-5-11(12)14/h3-5,9H,2,6-8H2,1H3,(H,16,17). The summed E-state index contributed by atoms with van der Waals surface area (Å²) in [5.41, 5.74) is 0.315. The van der Waals surface area contributed by atoms with E-state index in [2.05, 4.69) is 0 Å². The largest absolute Gasteiger partial charge is 0.478 e. The van der Waals surface area contributed by atoms with Gasteiger partial charge in [0.05, 0.1) is 11.3 Å². The lowest BCUT2D eigenvalue weighted by molar-refractivity contribution is 0.0697. The molecule has 0 aromatic heterocycles. The normalized spacial score (nSPS) is 14.7. The molecule has 2 rings (SSSR count). The molecule has 1 aromatic carbocycles. The Balaban J connectivity index is 2.43. The van der Waals surface area contributed by atoms with Gasteiger partial charge in [-0.2, -0.15) is 0 Å². The van der Waals surface area contributed by atoms with Gasteiger partial charge in [0, 0.05) is 12.6 Å². The average Bonchev–Trinajstić information content (AvgIpc) is 3.10. The lowest BCUT2D eigenvalue weighted by Gasteiger charge is -2.26. The Kier molecular flexibility index (Phi) is 3.31. The minimum absolute atomic E-state index is 0.0605. The van der Waals surface area contributed by atoms with Gasteiger partial charge in [-0.1, -0.05) is 13.0 Å². The summed E-state index contributed by atoms with van der Waals surface area (Å²) in [6, 6.07) is 4.54. The number of aromatic carboxylic acids is 1. The first-order valence-corrected chi connectivity index (χ1v) is 5.93. The predicted octanol–water partition coefficient (Wildman–Crippen LogP) is 2.90. The molecule has 1 aliphatic rings.